The van der Waals surface area contributed by atoms with Crippen molar-refractivity contribution in [3.63, 3.8) is 0 Å². The van der Waals surface area contributed by atoms with Crippen molar-refractivity contribution in [3.05, 3.63) is 54.5 Å². The van der Waals surface area contributed by atoms with Crippen molar-refractivity contribution in [2.45, 2.75) is 30.2 Å². The molecule has 1 atom stereocenters. The van der Waals surface area contributed by atoms with Crippen LogP contribution in [0.2, 0.25) is 0 Å². The molecule has 2 N–H and O–H groups in total. The molecule has 0 aliphatic rings. The molecule has 0 saturated carbocycles. The molecule has 0 spiro atoms. The maximum absolute atomic E-state index is 12.2. The Labute approximate surface area is 128 Å². The lowest BCUT2D eigenvalue weighted by Crippen LogP contribution is -2.36. The summed E-state index contributed by atoms with van der Waals surface area (Å²) in [7, 11) is -3.72. The maximum Gasteiger partial charge on any atom is 0.303 e. The van der Waals surface area contributed by atoms with Gasteiger partial charge in [-0.3, -0.25) is 4.79 Å². The van der Waals surface area contributed by atoms with Crippen molar-refractivity contribution in [2.75, 3.05) is 0 Å². The van der Waals surface area contributed by atoms with Gasteiger partial charge < -0.3 is 9.52 Å². The Hall–Kier alpha value is -2.12. The van der Waals surface area contributed by atoms with Crippen molar-refractivity contribution in [1.29, 1.82) is 0 Å². The largest absolute Gasteiger partial charge is 0.481 e. The van der Waals surface area contributed by atoms with Crippen molar-refractivity contribution < 1.29 is 22.7 Å². The van der Waals surface area contributed by atoms with Crippen molar-refractivity contribution in [3.8, 4) is 0 Å². The highest BCUT2D eigenvalue weighted by Gasteiger charge is 2.22. The molecule has 118 valence electrons. The van der Waals surface area contributed by atoms with Crippen LogP contribution in [0.25, 0.3) is 0 Å². The zero-order valence-corrected chi connectivity index (χ0v) is 12.6. The van der Waals surface area contributed by atoms with E-state index in [4.69, 9.17) is 9.52 Å². The Kier molecular flexibility index (Phi) is 5.35. The standard InChI is InChI=1S/C15H17NO5S/c17-15(18)7-6-13(10-12-4-2-1-3-5-12)16-22(19,20)14-8-9-21-11-14/h1-5,8-9,11,13,16H,6-7,10H2,(H,17,18). The number of benzene rings is 1. The summed E-state index contributed by atoms with van der Waals surface area (Å²) in [6, 6.07) is 10.2. The highest BCUT2D eigenvalue weighted by Crippen LogP contribution is 2.14. The predicted octanol–water partition coefficient (Wildman–Crippen LogP) is 2.03. The number of carbonyl (C=O) groups is 1. The second-order valence-electron chi connectivity index (χ2n) is 4.90. The van der Waals surface area contributed by atoms with Crippen molar-refractivity contribution >= 4 is 16.0 Å². The summed E-state index contributed by atoms with van der Waals surface area (Å²) < 4.78 is 31.8. The van der Waals surface area contributed by atoms with Crippen LogP contribution in [-0.4, -0.2) is 25.5 Å². The van der Waals surface area contributed by atoms with Gasteiger partial charge in [0.1, 0.15) is 11.2 Å². The van der Waals surface area contributed by atoms with Crippen LogP contribution in [0, 0.1) is 0 Å². The van der Waals surface area contributed by atoms with Crippen LogP contribution < -0.4 is 4.72 Å². The molecule has 0 fully saturated rings. The average Bonchev–Trinajstić information content (AvgIpc) is 3.00. The Balaban J connectivity index is 2.12. The topological polar surface area (TPSA) is 96.6 Å². The molecule has 1 aromatic heterocycles. The SMILES string of the molecule is O=C(O)CCC(Cc1ccccc1)NS(=O)(=O)c1ccoc1. The number of hydrogen-bond donors (Lipinski definition) is 2. The minimum atomic E-state index is -3.72. The van der Waals surface area contributed by atoms with Crippen LogP contribution in [0.3, 0.4) is 0 Å². The molecule has 0 aliphatic heterocycles. The molecule has 6 nitrogen and oxygen atoms in total. The number of carboxylic acid groups (broad SMARTS) is 1. The van der Waals surface area contributed by atoms with Gasteiger partial charge in [0.05, 0.1) is 6.26 Å². The van der Waals surface area contributed by atoms with Gasteiger partial charge in [-0.15, -0.1) is 0 Å². The summed E-state index contributed by atoms with van der Waals surface area (Å²) in [5, 5.41) is 8.82. The van der Waals surface area contributed by atoms with Gasteiger partial charge in [0.2, 0.25) is 10.0 Å². The molecule has 0 aliphatic carbocycles. The smallest absolute Gasteiger partial charge is 0.303 e. The van der Waals surface area contributed by atoms with Gasteiger partial charge >= 0.3 is 5.97 Å². The van der Waals surface area contributed by atoms with Crippen LogP contribution >= 0.6 is 0 Å². The van der Waals surface area contributed by atoms with Crippen LogP contribution in [-0.2, 0) is 21.2 Å². The fourth-order valence-corrected chi connectivity index (χ4v) is 3.28. The number of carboxylic acids is 1. The Morgan fingerprint density at radius 2 is 1.95 bits per heavy atom. The average molecular weight is 323 g/mol. The highest BCUT2D eigenvalue weighted by atomic mass is 32.2. The van der Waals surface area contributed by atoms with Crippen LogP contribution in [0.4, 0.5) is 0 Å². The number of nitrogens with one attached hydrogen (secondary N) is 1. The summed E-state index contributed by atoms with van der Waals surface area (Å²) in [5.74, 6) is -0.958. The Morgan fingerprint density at radius 1 is 1.23 bits per heavy atom. The zero-order chi connectivity index (χ0) is 16.0. The van der Waals surface area contributed by atoms with E-state index in [0.29, 0.717) is 6.42 Å². The first-order valence-electron chi connectivity index (χ1n) is 6.77. The first-order valence-corrected chi connectivity index (χ1v) is 8.26. The van der Waals surface area contributed by atoms with E-state index in [9.17, 15) is 13.2 Å². The lowest BCUT2D eigenvalue weighted by atomic mass is 10.0. The third-order valence-electron chi connectivity index (χ3n) is 3.16. The van der Waals surface area contributed by atoms with Gasteiger partial charge in [0, 0.05) is 12.5 Å². The van der Waals surface area contributed by atoms with E-state index in [1.54, 1.807) is 0 Å². The zero-order valence-electron chi connectivity index (χ0n) is 11.8. The monoisotopic (exact) mass is 323 g/mol. The van der Waals surface area contributed by atoms with Gasteiger partial charge in [-0.1, -0.05) is 30.3 Å². The molecule has 0 saturated heterocycles. The molecular formula is C15H17NO5S. The number of sulfonamides is 1. The lowest BCUT2D eigenvalue weighted by Gasteiger charge is -2.17. The molecular weight excluding hydrogens is 306 g/mol. The second-order valence-corrected chi connectivity index (χ2v) is 6.61. The third-order valence-corrected chi connectivity index (χ3v) is 4.66. The van der Waals surface area contributed by atoms with Crippen molar-refractivity contribution in [1.82, 2.24) is 4.72 Å². The van der Waals surface area contributed by atoms with Gasteiger partial charge in [0.25, 0.3) is 0 Å². The molecule has 2 aromatic rings. The van der Waals surface area contributed by atoms with E-state index in [2.05, 4.69) is 4.72 Å². The molecule has 0 amide bonds. The molecule has 0 bridgehead atoms. The quantitative estimate of drug-likeness (QED) is 0.775. The number of hydrogen-bond acceptors (Lipinski definition) is 4. The van der Waals surface area contributed by atoms with E-state index in [-0.39, 0.29) is 17.7 Å². The number of furan rings is 1. The normalized spacial score (nSPS) is 12.9. The van der Waals surface area contributed by atoms with E-state index >= 15 is 0 Å². The first kappa shape index (κ1) is 16.3. The van der Waals surface area contributed by atoms with Gasteiger partial charge in [0.15, 0.2) is 0 Å². The van der Waals surface area contributed by atoms with Gasteiger partial charge in [-0.05, 0) is 24.5 Å². The summed E-state index contributed by atoms with van der Waals surface area (Å²) in [4.78, 5) is 10.8. The van der Waals surface area contributed by atoms with Crippen LogP contribution in [0.15, 0.2) is 58.2 Å². The fourth-order valence-electron chi connectivity index (χ4n) is 2.09. The van der Waals surface area contributed by atoms with E-state index in [0.717, 1.165) is 11.8 Å². The maximum atomic E-state index is 12.2. The Morgan fingerprint density at radius 3 is 2.55 bits per heavy atom. The number of aliphatic carboxylic acids is 1. The molecule has 1 unspecified atom stereocenters. The summed E-state index contributed by atoms with van der Waals surface area (Å²) in [5.41, 5.74) is 0.938. The molecule has 1 heterocycles. The van der Waals surface area contributed by atoms with Gasteiger partial charge in [-0.2, -0.15) is 0 Å². The molecule has 1 aromatic carbocycles. The van der Waals surface area contributed by atoms with Crippen LogP contribution in [0.5, 0.6) is 0 Å². The fraction of sp³-hybridized carbons (Fsp3) is 0.267. The summed E-state index contributed by atoms with van der Waals surface area (Å²) in [6.07, 6.45) is 2.94. The second kappa shape index (κ2) is 7.24. The lowest BCUT2D eigenvalue weighted by molar-refractivity contribution is -0.137. The predicted molar refractivity (Wildman–Crippen MR) is 79.8 cm³/mol. The molecule has 2 rings (SSSR count). The minimum absolute atomic E-state index is 0.0286. The molecule has 0 radical (unpaired) electrons. The first-order chi connectivity index (χ1) is 10.5. The summed E-state index contributed by atoms with van der Waals surface area (Å²) in [6.45, 7) is 0. The Bertz CT molecular complexity index is 695. The number of rotatable bonds is 8. The molecule has 22 heavy (non-hydrogen) atoms. The minimum Gasteiger partial charge on any atom is -0.481 e. The van der Waals surface area contributed by atoms with E-state index in [1.165, 1.54) is 12.3 Å². The van der Waals surface area contributed by atoms with E-state index < -0.39 is 22.0 Å². The van der Waals surface area contributed by atoms with Crippen molar-refractivity contribution in [2.24, 2.45) is 0 Å². The van der Waals surface area contributed by atoms with E-state index in [1.807, 2.05) is 30.3 Å². The highest BCUT2D eigenvalue weighted by molar-refractivity contribution is 7.89. The van der Waals surface area contributed by atoms with Gasteiger partial charge in [-0.25, -0.2) is 13.1 Å². The molecule has 7 heteroatoms. The van der Waals surface area contributed by atoms with Crippen LogP contribution in [0.1, 0.15) is 18.4 Å². The summed E-state index contributed by atoms with van der Waals surface area (Å²) >= 11 is 0. The third kappa shape index (κ3) is 4.71.